The van der Waals surface area contributed by atoms with E-state index in [0.29, 0.717) is 27.9 Å². The van der Waals surface area contributed by atoms with Crippen LogP contribution in [0.1, 0.15) is 16.1 Å². The van der Waals surface area contributed by atoms with Crippen LogP contribution in [-0.2, 0) is 0 Å². The third-order valence-electron chi connectivity index (χ3n) is 3.39. The topological polar surface area (TPSA) is 135 Å². The zero-order valence-electron chi connectivity index (χ0n) is 12.7. The third-order valence-corrected chi connectivity index (χ3v) is 3.39. The molecule has 7 N–H and O–H groups in total. The molecule has 0 bridgehead atoms. The van der Waals surface area contributed by atoms with Gasteiger partial charge in [0.2, 0.25) is 5.76 Å². The van der Waals surface area contributed by atoms with Crippen molar-refractivity contribution in [1.29, 1.82) is 0 Å². The van der Waals surface area contributed by atoms with Crippen molar-refractivity contribution >= 4 is 34.0 Å². The van der Waals surface area contributed by atoms with E-state index in [1.165, 1.54) is 12.1 Å². The van der Waals surface area contributed by atoms with Crippen LogP contribution in [0.2, 0.25) is 0 Å². The first-order chi connectivity index (χ1) is 11.5. The van der Waals surface area contributed by atoms with Crippen molar-refractivity contribution in [1.82, 2.24) is 0 Å². The van der Waals surface area contributed by atoms with Crippen LogP contribution in [0, 0.1) is 12.7 Å². The second-order valence-electron chi connectivity index (χ2n) is 4.91. The van der Waals surface area contributed by atoms with Gasteiger partial charge in [0.15, 0.2) is 0 Å². The molecule has 0 aliphatic rings. The first-order valence-electron chi connectivity index (χ1n) is 6.80. The van der Waals surface area contributed by atoms with E-state index in [2.05, 4.69) is 11.2 Å². The van der Waals surface area contributed by atoms with Gasteiger partial charge >= 0.3 is 5.97 Å². The van der Waals surface area contributed by atoms with Gasteiger partial charge in [-0.25, -0.2) is 15.1 Å². The van der Waals surface area contributed by atoms with Crippen LogP contribution in [0.4, 0.5) is 21.5 Å². The van der Waals surface area contributed by atoms with E-state index >= 15 is 0 Å². The average Bonchev–Trinajstić information content (AvgIpc) is 2.90. The number of carboxylic acids is 1. The van der Waals surface area contributed by atoms with Gasteiger partial charge in [-0.2, -0.15) is 0 Å². The number of rotatable bonds is 3. The van der Waals surface area contributed by atoms with Crippen molar-refractivity contribution in [3.05, 3.63) is 53.5 Å². The van der Waals surface area contributed by atoms with E-state index in [1.54, 1.807) is 31.2 Å². The van der Waals surface area contributed by atoms with E-state index < -0.39 is 11.8 Å². The second kappa shape index (κ2) is 6.99. The zero-order chi connectivity index (χ0) is 17.9. The van der Waals surface area contributed by atoms with Crippen LogP contribution in [0.25, 0.3) is 11.0 Å². The Morgan fingerprint density at radius 3 is 2.58 bits per heavy atom. The van der Waals surface area contributed by atoms with Crippen molar-refractivity contribution < 1.29 is 23.9 Å². The number of nitrogen functional groups attached to an aromatic ring is 1. The number of anilines is 3. The summed E-state index contributed by atoms with van der Waals surface area (Å²) in [6.45, 7) is 1.58. The molecular formula is C16H16FN3O4. The van der Waals surface area contributed by atoms with Crippen LogP contribution in [0.15, 0.2) is 40.8 Å². The highest BCUT2D eigenvalue weighted by Gasteiger charge is 2.21. The molecule has 8 heteroatoms. The lowest BCUT2D eigenvalue weighted by molar-refractivity contribution is 0.0664. The van der Waals surface area contributed by atoms with Crippen molar-refractivity contribution in [2.45, 2.75) is 6.92 Å². The van der Waals surface area contributed by atoms with Gasteiger partial charge in [-0.05, 0) is 37.3 Å². The Morgan fingerprint density at radius 1 is 1.25 bits per heavy atom. The van der Waals surface area contributed by atoms with E-state index in [-0.39, 0.29) is 11.4 Å². The summed E-state index contributed by atoms with van der Waals surface area (Å²) in [6.07, 6.45) is 0. The van der Waals surface area contributed by atoms with Gasteiger partial charge < -0.3 is 25.8 Å². The molecule has 3 rings (SSSR count). The van der Waals surface area contributed by atoms with Crippen LogP contribution < -0.4 is 16.9 Å². The molecule has 1 heterocycles. The quantitative estimate of drug-likeness (QED) is 0.367. The van der Waals surface area contributed by atoms with Crippen LogP contribution in [0.5, 0.6) is 0 Å². The Hall–Kier alpha value is -3.10. The lowest BCUT2D eigenvalue weighted by Gasteiger charge is -2.10. The largest absolute Gasteiger partial charge is 0.475 e. The number of hydrogen-bond donors (Lipinski definition) is 5. The molecule has 0 saturated heterocycles. The van der Waals surface area contributed by atoms with Crippen LogP contribution in [0.3, 0.4) is 0 Å². The van der Waals surface area contributed by atoms with Gasteiger partial charge in [-0.15, -0.1) is 0 Å². The number of benzene rings is 2. The summed E-state index contributed by atoms with van der Waals surface area (Å²) in [5, 5.41) is 19.0. The summed E-state index contributed by atoms with van der Waals surface area (Å²) in [5.41, 5.74) is 7.68. The Morgan fingerprint density at radius 2 is 1.96 bits per heavy atom. The van der Waals surface area contributed by atoms with Gasteiger partial charge in [0.25, 0.3) is 0 Å². The van der Waals surface area contributed by atoms with Gasteiger partial charge in [-0.3, -0.25) is 0 Å². The number of carbonyl (C=O) groups is 1. The second-order valence-corrected chi connectivity index (χ2v) is 4.91. The predicted molar refractivity (Wildman–Crippen MR) is 88.0 cm³/mol. The Kier molecular flexibility index (Phi) is 5.02. The summed E-state index contributed by atoms with van der Waals surface area (Å²) < 4.78 is 19.5. The normalized spacial score (nSPS) is 10.2. The molecule has 0 fully saturated rings. The molecule has 0 unspecified atom stereocenters. The summed E-state index contributed by atoms with van der Waals surface area (Å²) in [4.78, 5) is 11.2. The lowest BCUT2D eigenvalue weighted by Crippen LogP contribution is -1.98. The zero-order valence-corrected chi connectivity index (χ0v) is 12.7. The van der Waals surface area contributed by atoms with E-state index in [1.807, 2.05) is 0 Å². The fourth-order valence-electron chi connectivity index (χ4n) is 2.40. The Bertz CT molecular complexity index is 892. The highest BCUT2D eigenvalue weighted by Crippen LogP contribution is 2.35. The first kappa shape index (κ1) is 17.3. The third kappa shape index (κ3) is 3.14. The summed E-state index contributed by atoms with van der Waals surface area (Å²) >= 11 is 0. The molecule has 2 aromatic carbocycles. The van der Waals surface area contributed by atoms with Gasteiger partial charge in [0.05, 0.1) is 11.1 Å². The predicted octanol–water partition coefficient (Wildman–Crippen LogP) is 3.24. The molecule has 24 heavy (non-hydrogen) atoms. The van der Waals surface area contributed by atoms with E-state index in [0.717, 1.165) is 0 Å². The standard InChI is InChI=1S/C16H13FN2O3.H3NO/c1-8-13-12(22-15(8)16(20)21)6-5-11(17)14(13)19-10-4-2-3-9(18)7-10;1-2/h2-7,19H,18H2,1H3,(H,20,21);2H,1H2. The minimum atomic E-state index is -1.19. The highest BCUT2D eigenvalue weighted by molar-refractivity contribution is 6.01. The number of nitrogens with one attached hydrogen (secondary N) is 1. The maximum atomic E-state index is 14.2. The minimum Gasteiger partial charge on any atom is -0.475 e. The minimum absolute atomic E-state index is 0.164. The number of carboxylic acid groups (broad SMARTS) is 1. The van der Waals surface area contributed by atoms with Gasteiger partial charge in [0, 0.05) is 16.9 Å². The molecule has 0 aliphatic carbocycles. The van der Waals surface area contributed by atoms with Crippen molar-refractivity contribution in [2.24, 2.45) is 5.90 Å². The SMILES string of the molecule is Cc1c(C(=O)O)oc2ccc(F)c(Nc3cccc(N)c3)c12.NO. The van der Waals surface area contributed by atoms with E-state index in [9.17, 15) is 9.18 Å². The highest BCUT2D eigenvalue weighted by atomic mass is 19.1. The molecule has 0 radical (unpaired) electrons. The number of aromatic carboxylic acids is 1. The van der Waals surface area contributed by atoms with Gasteiger partial charge in [-0.1, -0.05) is 6.07 Å². The fraction of sp³-hybridized carbons (Fsp3) is 0.0625. The molecule has 0 amide bonds. The number of nitrogens with two attached hydrogens (primary N) is 2. The number of halogens is 1. The molecule has 0 atom stereocenters. The Balaban J connectivity index is 0.00000100. The van der Waals surface area contributed by atoms with Crippen molar-refractivity contribution in [2.75, 3.05) is 11.1 Å². The number of hydrogen-bond acceptors (Lipinski definition) is 6. The van der Waals surface area contributed by atoms with Crippen LogP contribution >= 0.6 is 0 Å². The first-order valence-corrected chi connectivity index (χ1v) is 6.80. The molecule has 7 nitrogen and oxygen atoms in total. The van der Waals surface area contributed by atoms with Gasteiger partial charge in [0.1, 0.15) is 11.4 Å². The van der Waals surface area contributed by atoms with Crippen molar-refractivity contribution in [3.63, 3.8) is 0 Å². The smallest absolute Gasteiger partial charge is 0.372 e. The molecule has 0 aliphatic heterocycles. The molecule has 0 spiro atoms. The molecule has 3 aromatic rings. The van der Waals surface area contributed by atoms with E-state index in [4.69, 9.17) is 20.5 Å². The maximum absolute atomic E-state index is 14.2. The Labute approximate surface area is 136 Å². The molecular weight excluding hydrogens is 317 g/mol. The number of fused-ring (bicyclic) bond motifs is 1. The van der Waals surface area contributed by atoms with Crippen LogP contribution in [-0.4, -0.2) is 16.3 Å². The summed E-state index contributed by atoms with van der Waals surface area (Å²) in [6, 6.07) is 9.49. The lowest BCUT2D eigenvalue weighted by atomic mass is 10.1. The molecule has 1 aromatic heterocycles. The summed E-state index contributed by atoms with van der Waals surface area (Å²) in [7, 11) is 0. The summed E-state index contributed by atoms with van der Waals surface area (Å²) in [5.74, 6) is 1.61. The maximum Gasteiger partial charge on any atom is 0.372 e. The molecule has 126 valence electrons. The fourth-order valence-corrected chi connectivity index (χ4v) is 2.40. The number of furan rings is 1. The molecule has 0 saturated carbocycles. The van der Waals surface area contributed by atoms with Crippen molar-refractivity contribution in [3.8, 4) is 0 Å². The number of aryl methyl sites for hydroxylation is 1. The monoisotopic (exact) mass is 333 g/mol. The average molecular weight is 333 g/mol.